The van der Waals surface area contributed by atoms with Crippen LogP contribution in [0.3, 0.4) is 0 Å². The fourth-order valence-corrected chi connectivity index (χ4v) is 5.68. The number of rotatable bonds is 13. The minimum atomic E-state index is -1.16. The highest BCUT2D eigenvalue weighted by atomic mass is 16.5. The van der Waals surface area contributed by atoms with Gasteiger partial charge in [-0.15, -0.1) is 0 Å². The van der Waals surface area contributed by atoms with Gasteiger partial charge in [-0.05, 0) is 89.0 Å². The summed E-state index contributed by atoms with van der Waals surface area (Å²) in [7, 11) is 5.57. The Kier molecular flexibility index (Phi) is 12.0. The van der Waals surface area contributed by atoms with E-state index in [1.54, 1.807) is 48.5 Å². The van der Waals surface area contributed by atoms with Gasteiger partial charge in [0, 0.05) is 17.7 Å². The maximum atomic E-state index is 14.3. The number of allylic oxidation sites excluding steroid dienone is 5. The molecule has 278 valence electrons. The fourth-order valence-electron chi connectivity index (χ4n) is 5.68. The maximum absolute atomic E-state index is 14.3. The Morgan fingerprint density at radius 1 is 0.630 bits per heavy atom. The smallest absolute Gasteiger partial charge is 0.182 e. The lowest BCUT2D eigenvalue weighted by molar-refractivity contribution is -0.119. The van der Waals surface area contributed by atoms with Gasteiger partial charge in [-0.1, -0.05) is 36.4 Å². The van der Waals surface area contributed by atoms with Gasteiger partial charge in [0.05, 0.1) is 34.4 Å². The number of phenolic OH excluding ortho intramolecular Hbond substituents is 4. The van der Waals surface area contributed by atoms with Gasteiger partial charge >= 0.3 is 0 Å². The molecule has 0 spiro atoms. The van der Waals surface area contributed by atoms with Crippen LogP contribution >= 0.6 is 0 Å². The van der Waals surface area contributed by atoms with Crippen molar-refractivity contribution >= 4 is 29.8 Å². The molecule has 12 nitrogen and oxygen atoms in total. The fraction of sp³-hybridized carbons (Fsp3) is 0.143. The Hall–Kier alpha value is -7.08. The Bertz CT molecular complexity index is 2210. The van der Waals surface area contributed by atoms with Crippen LogP contribution in [-0.4, -0.2) is 65.5 Å². The summed E-state index contributed by atoms with van der Waals surface area (Å²) in [5.41, 5.74) is 2.30. The lowest BCUT2D eigenvalue weighted by Gasteiger charge is -2.18. The molecule has 0 aromatic heterocycles. The minimum absolute atomic E-state index is 0.0370. The van der Waals surface area contributed by atoms with Crippen molar-refractivity contribution < 1.29 is 58.8 Å². The van der Waals surface area contributed by atoms with Crippen LogP contribution in [0.25, 0.3) is 18.2 Å². The van der Waals surface area contributed by atoms with Crippen LogP contribution in [-0.2, 0) is 14.3 Å². The zero-order valence-corrected chi connectivity index (χ0v) is 29.7. The summed E-state index contributed by atoms with van der Waals surface area (Å²) in [6, 6.07) is 18.1. The van der Waals surface area contributed by atoms with E-state index in [9.17, 15) is 35.1 Å². The van der Waals surface area contributed by atoms with Gasteiger partial charge < -0.3 is 49.2 Å². The number of aromatic hydroxyl groups is 4. The molecule has 2 unspecified atom stereocenters. The molecular formula is C42H38O12. The number of aliphatic hydroxyl groups is 1. The van der Waals surface area contributed by atoms with Crippen LogP contribution in [0.4, 0.5) is 0 Å². The molecule has 1 saturated heterocycles. The monoisotopic (exact) mass is 734 g/mol. The summed E-state index contributed by atoms with van der Waals surface area (Å²) in [5, 5.41) is 51.4. The third-order valence-corrected chi connectivity index (χ3v) is 8.40. The van der Waals surface area contributed by atoms with E-state index >= 15 is 0 Å². The van der Waals surface area contributed by atoms with Crippen LogP contribution in [0.2, 0.25) is 0 Å². The predicted octanol–water partition coefficient (Wildman–Crippen LogP) is 7.21. The topological polar surface area (TPSA) is 181 Å². The molecule has 4 aromatic carbocycles. The van der Waals surface area contributed by atoms with Gasteiger partial charge in [-0.3, -0.25) is 9.59 Å². The van der Waals surface area contributed by atoms with E-state index in [1.807, 2.05) is 0 Å². The quantitative estimate of drug-likeness (QED) is 0.0530. The van der Waals surface area contributed by atoms with E-state index in [0.717, 1.165) is 6.08 Å². The second-order valence-corrected chi connectivity index (χ2v) is 11.9. The Balaban J connectivity index is 1.62. The van der Waals surface area contributed by atoms with Crippen LogP contribution in [0, 0.1) is 5.92 Å². The van der Waals surface area contributed by atoms with Crippen LogP contribution < -0.4 is 18.9 Å². The van der Waals surface area contributed by atoms with Crippen molar-refractivity contribution in [2.45, 2.75) is 6.10 Å². The number of methoxy groups -OCH3 is 4. The SMILES string of the molecule is COc1cc(C=CC(=O)C=C2OC(c3ccc(O)c(OC)c3)C(C(=O)C=C(O)C=Cc3ccc(O)c(OC)c3)C2=Cc2ccc(O)c(OC)c2)ccc1O. The molecule has 12 heteroatoms. The number of hydrogen-bond acceptors (Lipinski definition) is 12. The molecule has 1 fully saturated rings. The zero-order valence-electron chi connectivity index (χ0n) is 29.7. The number of carbonyl (C=O) groups is 2. The number of ether oxygens (including phenoxy) is 5. The van der Waals surface area contributed by atoms with Gasteiger partial charge in [-0.2, -0.15) is 0 Å². The number of aliphatic hydroxyl groups excluding tert-OH is 1. The molecule has 0 saturated carbocycles. The summed E-state index contributed by atoms with van der Waals surface area (Å²) in [6.07, 6.45) is 8.41. The Morgan fingerprint density at radius 2 is 1.09 bits per heavy atom. The summed E-state index contributed by atoms with van der Waals surface area (Å²) < 4.78 is 27.3. The summed E-state index contributed by atoms with van der Waals surface area (Å²) in [4.78, 5) is 27.7. The van der Waals surface area contributed by atoms with Crippen LogP contribution in [0.1, 0.15) is 28.4 Å². The van der Waals surface area contributed by atoms with E-state index in [-0.39, 0.29) is 57.3 Å². The molecule has 4 aromatic rings. The van der Waals surface area contributed by atoms with Gasteiger partial charge in [0.25, 0.3) is 0 Å². The maximum Gasteiger partial charge on any atom is 0.182 e. The third kappa shape index (κ3) is 8.86. The molecule has 1 aliphatic heterocycles. The molecule has 0 radical (unpaired) electrons. The van der Waals surface area contributed by atoms with E-state index in [4.69, 9.17) is 23.7 Å². The Labute approximate surface area is 311 Å². The van der Waals surface area contributed by atoms with Crippen molar-refractivity contribution in [1.82, 2.24) is 0 Å². The van der Waals surface area contributed by atoms with Gasteiger partial charge in [-0.25, -0.2) is 0 Å². The summed E-state index contributed by atoms with van der Waals surface area (Å²) in [6.45, 7) is 0. The second kappa shape index (κ2) is 17.0. The molecule has 0 amide bonds. The largest absolute Gasteiger partial charge is 0.508 e. The molecule has 0 aliphatic carbocycles. The first-order valence-corrected chi connectivity index (χ1v) is 16.4. The summed E-state index contributed by atoms with van der Waals surface area (Å²) in [5.74, 6) is -2.30. The van der Waals surface area contributed by atoms with E-state index in [2.05, 4.69) is 0 Å². The first kappa shape index (κ1) is 38.2. The van der Waals surface area contributed by atoms with Crippen molar-refractivity contribution in [3.05, 3.63) is 136 Å². The van der Waals surface area contributed by atoms with E-state index in [1.165, 1.54) is 89.2 Å². The minimum Gasteiger partial charge on any atom is -0.508 e. The number of benzene rings is 4. The highest BCUT2D eigenvalue weighted by Crippen LogP contribution is 2.47. The normalized spacial score (nSPS) is 17.2. The average molecular weight is 735 g/mol. The number of ketones is 2. The van der Waals surface area contributed by atoms with Gasteiger partial charge in [0.2, 0.25) is 0 Å². The molecule has 5 rings (SSSR count). The highest BCUT2D eigenvalue weighted by Gasteiger charge is 2.43. The number of carbonyl (C=O) groups excluding carboxylic acids is 2. The zero-order chi connectivity index (χ0) is 38.9. The number of hydrogen-bond donors (Lipinski definition) is 5. The molecule has 5 N–H and O–H groups in total. The Morgan fingerprint density at radius 3 is 1.63 bits per heavy atom. The standard InChI is InChI=1S/C42H38O12/c1-50-37-18-24(7-13-31(37)45)5-11-28(43)22-35(49)41-30(17-26-9-15-33(47)39(20-26)52-3)36(54-42(41)27-10-16-34(48)40(21-27)53-4)23-29(44)12-6-25-8-14-32(46)38(19-25)51-2/h5-23,41-43,45-48H,1-4H3. The lowest BCUT2D eigenvalue weighted by atomic mass is 9.85. The van der Waals surface area contributed by atoms with E-state index < -0.39 is 29.3 Å². The molecule has 1 heterocycles. The van der Waals surface area contributed by atoms with Crippen molar-refractivity contribution in [2.24, 2.45) is 5.92 Å². The van der Waals surface area contributed by atoms with Gasteiger partial charge in [0.1, 0.15) is 17.6 Å². The first-order valence-electron chi connectivity index (χ1n) is 16.4. The first-order chi connectivity index (χ1) is 25.9. The molecule has 2 atom stereocenters. The van der Waals surface area contributed by atoms with Crippen molar-refractivity contribution in [3.63, 3.8) is 0 Å². The van der Waals surface area contributed by atoms with E-state index in [0.29, 0.717) is 22.3 Å². The molecule has 0 bridgehead atoms. The van der Waals surface area contributed by atoms with Crippen molar-refractivity contribution in [3.8, 4) is 46.0 Å². The highest BCUT2D eigenvalue weighted by molar-refractivity contribution is 6.04. The predicted molar refractivity (Wildman–Crippen MR) is 201 cm³/mol. The van der Waals surface area contributed by atoms with Gasteiger partial charge in [0.15, 0.2) is 57.6 Å². The lowest BCUT2D eigenvalue weighted by Crippen LogP contribution is -2.18. The third-order valence-electron chi connectivity index (χ3n) is 8.40. The molecular weight excluding hydrogens is 696 g/mol. The van der Waals surface area contributed by atoms with Crippen LogP contribution in [0.5, 0.6) is 46.0 Å². The van der Waals surface area contributed by atoms with Crippen LogP contribution in [0.15, 0.2) is 114 Å². The summed E-state index contributed by atoms with van der Waals surface area (Å²) >= 11 is 0. The average Bonchev–Trinajstić information content (AvgIpc) is 3.51. The number of phenols is 4. The van der Waals surface area contributed by atoms with Crippen molar-refractivity contribution in [1.29, 1.82) is 0 Å². The molecule has 1 aliphatic rings. The second-order valence-electron chi connectivity index (χ2n) is 11.9. The molecule has 54 heavy (non-hydrogen) atoms. The van der Waals surface area contributed by atoms with Crippen molar-refractivity contribution in [2.75, 3.05) is 28.4 Å².